The topological polar surface area (TPSA) is 17.8 Å². The number of aromatic nitrogens is 2. The Bertz CT molecular complexity index is 2310. The third-order valence-corrected chi connectivity index (χ3v) is 6.75. The molecule has 0 N–H and O–H groups in total. The lowest BCUT2D eigenvalue weighted by Crippen LogP contribution is -2.00. The maximum Gasteiger partial charge on any atom is 0.114 e. The quantitative estimate of drug-likeness (QED) is 0.228. The summed E-state index contributed by atoms with van der Waals surface area (Å²) < 4.78 is 85.1. The van der Waals surface area contributed by atoms with Gasteiger partial charge in [0, 0.05) is 18.9 Å². The molecule has 7 aromatic rings. The molecule has 0 bridgehead atoms. The largest absolute Gasteiger partial charge is 0.296 e. The summed E-state index contributed by atoms with van der Waals surface area (Å²) in [6.07, 6.45) is -2.76. The Morgan fingerprint density at radius 3 is 2.00 bits per heavy atom. The molecule has 0 aliphatic rings. The number of imidazole rings is 1. The monoisotopic (exact) mass is 484 g/mol. The van der Waals surface area contributed by atoms with E-state index in [0.717, 1.165) is 21.9 Å². The standard InChI is InChI=1S/C35H26N2/c1-2-33-36-31-21-10-11-22-32(31)37(33)26-16-12-15-25(23-26)35-29-19-8-6-17-27(29)34(24-13-4-3-5-14-24)28-18-7-9-20-30(28)35/h3-23H,2H2,1H3/i1D3,2D2,3D,4D,5D,13D,14D. The van der Waals surface area contributed by atoms with Crippen LogP contribution in [0, 0.1) is 0 Å². The van der Waals surface area contributed by atoms with Crippen molar-refractivity contribution in [3.8, 4) is 27.9 Å². The molecular formula is C35H26N2. The third-order valence-electron chi connectivity index (χ3n) is 6.75. The Kier molecular flexibility index (Phi) is 3.21. The Labute approximate surface area is 230 Å². The summed E-state index contributed by atoms with van der Waals surface area (Å²) in [4.78, 5) is 4.46. The van der Waals surface area contributed by atoms with Gasteiger partial charge >= 0.3 is 0 Å². The van der Waals surface area contributed by atoms with E-state index in [2.05, 4.69) is 4.98 Å². The summed E-state index contributed by atoms with van der Waals surface area (Å²) >= 11 is 0. The van der Waals surface area contributed by atoms with Gasteiger partial charge in [-0.3, -0.25) is 4.57 Å². The molecule has 1 aromatic heterocycles. The lowest BCUT2D eigenvalue weighted by molar-refractivity contribution is 0.908. The number of aryl methyl sites for hydroxylation is 1. The van der Waals surface area contributed by atoms with Crippen molar-refractivity contribution in [3.63, 3.8) is 0 Å². The van der Waals surface area contributed by atoms with Crippen LogP contribution in [0.2, 0.25) is 0 Å². The zero-order chi connectivity index (χ0) is 33.4. The highest BCUT2D eigenvalue weighted by Crippen LogP contribution is 2.43. The highest BCUT2D eigenvalue weighted by Gasteiger charge is 2.17. The smallest absolute Gasteiger partial charge is 0.114 e. The average Bonchev–Trinajstić information content (AvgIpc) is 3.46. The molecule has 2 heteroatoms. The van der Waals surface area contributed by atoms with Crippen molar-refractivity contribution < 1.29 is 13.7 Å². The van der Waals surface area contributed by atoms with Gasteiger partial charge in [0.25, 0.3) is 0 Å². The maximum absolute atomic E-state index is 8.78. The highest BCUT2D eigenvalue weighted by molar-refractivity contribution is 6.21. The molecule has 37 heavy (non-hydrogen) atoms. The second kappa shape index (κ2) is 8.76. The normalized spacial score (nSPS) is 16.1. The molecule has 0 atom stereocenters. The van der Waals surface area contributed by atoms with E-state index in [-0.39, 0.29) is 23.5 Å². The zero-order valence-electron chi connectivity index (χ0n) is 29.6. The van der Waals surface area contributed by atoms with Crippen molar-refractivity contribution >= 4 is 32.6 Å². The molecule has 0 aliphatic carbocycles. The Morgan fingerprint density at radius 2 is 1.32 bits per heavy atom. The van der Waals surface area contributed by atoms with E-state index >= 15 is 0 Å². The van der Waals surface area contributed by atoms with Crippen LogP contribution in [0.5, 0.6) is 0 Å². The lowest BCUT2D eigenvalue weighted by Gasteiger charge is -2.18. The van der Waals surface area contributed by atoms with Gasteiger partial charge in [0.15, 0.2) is 0 Å². The van der Waals surface area contributed by atoms with Gasteiger partial charge in [0.2, 0.25) is 0 Å². The molecule has 0 spiro atoms. The number of hydrogen-bond donors (Lipinski definition) is 0. The molecule has 2 nitrogen and oxygen atoms in total. The van der Waals surface area contributed by atoms with Gasteiger partial charge in [-0.2, -0.15) is 0 Å². The lowest BCUT2D eigenvalue weighted by atomic mass is 9.86. The Hall–Kier alpha value is -4.69. The zero-order valence-corrected chi connectivity index (χ0v) is 19.6. The van der Waals surface area contributed by atoms with Crippen LogP contribution in [0.15, 0.2) is 127 Å². The van der Waals surface area contributed by atoms with Crippen molar-refractivity contribution in [2.24, 2.45) is 0 Å². The number of para-hydroxylation sites is 2. The van der Waals surface area contributed by atoms with Gasteiger partial charge in [-0.1, -0.05) is 110 Å². The van der Waals surface area contributed by atoms with Crippen LogP contribution in [-0.4, -0.2) is 9.55 Å². The van der Waals surface area contributed by atoms with E-state index in [1.807, 2.05) is 66.7 Å². The first kappa shape index (κ1) is 13.6. The highest BCUT2D eigenvalue weighted by atomic mass is 15.1. The van der Waals surface area contributed by atoms with Crippen LogP contribution in [0.3, 0.4) is 0 Å². The number of nitrogens with zero attached hydrogens (tertiary/aromatic N) is 2. The summed E-state index contributed by atoms with van der Waals surface area (Å²) in [5.74, 6) is -0.234. The summed E-state index contributed by atoms with van der Waals surface area (Å²) in [5.41, 5.74) is 3.74. The first-order chi connectivity index (χ1) is 22.3. The summed E-state index contributed by atoms with van der Waals surface area (Å²) in [7, 11) is 0. The average molecular weight is 485 g/mol. The summed E-state index contributed by atoms with van der Waals surface area (Å²) in [6, 6.07) is 27.6. The van der Waals surface area contributed by atoms with Crippen molar-refractivity contribution in [1.29, 1.82) is 0 Å². The van der Waals surface area contributed by atoms with E-state index in [1.165, 1.54) is 0 Å². The van der Waals surface area contributed by atoms with Crippen LogP contribution in [0.25, 0.3) is 60.5 Å². The fourth-order valence-corrected chi connectivity index (χ4v) is 5.26. The van der Waals surface area contributed by atoms with Crippen LogP contribution in [0.1, 0.15) is 26.4 Å². The number of hydrogen-bond acceptors (Lipinski definition) is 1. The van der Waals surface area contributed by atoms with Crippen molar-refractivity contribution in [2.45, 2.75) is 13.2 Å². The van der Waals surface area contributed by atoms with Crippen molar-refractivity contribution in [1.82, 2.24) is 9.55 Å². The van der Waals surface area contributed by atoms with Crippen LogP contribution in [0.4, 0.5) is 0 Å². The summed E-state index contributed by atoms with van der Waals surface area (Å²) in [5, 5.41) is 2.94. The molecule has 0 fully saturated rings. The van der Waals surface area contributed by atoms with Gasteiger partial charge in [0.05, 0.1) is 17.9 Å². The summed E-state index contributed by atoms with van der Waals surface area (Å²) in [6.45, 7) is -2.98. The SMILES string of the molecule is [2H]c1c([2H])c([2H])c(-c2c3ccccc3c(-c3cccc(-n4c(C([2H])([2H])C([2H])([2H])[2H])nc5ccccc54)c3)c3ccccc23)c([2H])c1[2H]. The number of benzene rings is 6. The Morgan fingerprint density at radius 1 is 0.703 bits per heavy atom. The third kappa shape index (κ3) is 3.45. The van der Waals surface area contributed by atoms with Crippen molar-refractivity contribution in [3.05, 3.63) is 133 Å². The predicted octanol–water partition coefficient (Wildman–Crippen LogP) is 9.23. The van der Waals surface area contributed by atoms with Gasteiger partial charge in [0.1, 0.15) is 5.82 Å². The first-order valence-corrected chi connectivity index (χ1v) is 11.9. The molecule has 0 saturated carbocycles. The minimum Gasteiger partial charge on any atom is -0.296 e. The predicted molar refractivity (Wildman–Crippen MR) is 156 cm³/mol. The molecule has 1 heterocycles. The van der Waals surface area contributed by atoms with Gasteiger partial charge in [-0.05, 0) is 68.1 Å². The van der Waals surface area contributed by atoms with E-state index in [0.29, 0.717) is 33.1 Å². The molecule has 176 valence electrons. The molecule has 0 radical (unpaired) electrons. The molecule has 0 aliphatic heterocycles. The fourth-order valence-electron chi connectivity index (χ4n) is 5.26. The molecule has 0 saturated heterocycles. The Balaban J connectivity index is 1.56. The van der Waals surface area contributed by atoms with E-state index < -0.39 is 31.4 Å². The van der Waals surface area contributed by atoms with Gasteiger partial charge in [-0.25, -0.2) is 4.98 Å². The first-order valence-electron chi connectivity index (χ1n) is 16.9. The second-order valence-corrected chi connectivity index (χ2v) is 8.78. The molecule has 6 aromatic carbocycles. The molecule has 0 amide bonds. The van der Waals surface area contributed by atoms with E-state index in [9.17, 15) is 0 Å². The minimum atomic E-state index is -2.98. The van der Waals surface area contributed by atoms with Crippen LogP contribution < -0.4 is 0 Å². The van der Waals surface area contributed by atoms with Gasteiger partial charge < -0.3 is 0 Å². The fraction of sp³-hybridized carbons (Fsp3) is 0.0571. The second-order valence-electron chi connectivity index (χ2n) is 8.78. The number of fused-ring (bicyclic) bond motifs is 3. The van der Waals surface area contributed by atoms with E-state index in [1.54, 1.807) is 34.9 Å². The number of rotatable bonds is 4. The minimum absolute atomic E-state index is 0.116. The van der Waals surface area contributed by atoms with Crippen LogP contribution >= 0.6 is 0 Å². The van der Waals surface area contributed by atoms with E-state index in [4.69, 9.17) is 13.7 Å². The molecule has 0 unspecified atom stereocenters. The van der Waals surface area contributed by atoms with Gasteiger partial charge in [-0.15, -0.1) is 0 Å². The molecule has 7 rings (SSSR count). The maximum atomic E-state index is 8.78. The van der Waals surface area contributed by atoms with Crippen molar-refractivity contribution in [2.75, 3.05) is 0 Å². The molecular weight excluding hydrogens is 448 g/mol. The van der Waals surface area contributed by atoms with Crippen LogP contribution in [-0.2, 0) is 6.37 Å².